The van der Waals surface area contributed by atoms with Gasteiger partial charge in [-0.3, -0.25) is 0 Å². The normalized spacial score (nSPS) is 18.8. The number of likely N-dealkylation sites (tertiary alicyclic amines) is 1. The Hall–Kier alpha value is -1.55. The second-order valence-corrected chi connectivity index (χ2v) is 6.15. The number of rotatable bonds is 5. The fourth-order valence-electron chi connectivity index (χ4n) is 3.05. The van der Waals surface area contributed by atoms with E-state index >= 15 is 0 Å². The maximum absolute atomic E-state index is 12.2. The topological polar surface area (TPSA) is 41.6 Å². The van der Waals surface area contributed by atoms with Crippen LogP contribution in [0.15, 0.2) is 30.3 Å². The number of carbonyl (C=O) groups excluding carboxylic acids is 1. The fourth-order valence-corrected chi connectivity index (χ4v) is 3.05. The average molecular weight is 304 g/mol. The van der Waals surface area contributed by atoms with E-state index in [2.05, 4.69) is 36.5 Å². The lowest BCUT2D eigenvalue weighted by molar-refractivity contribution is 0.0254. The van der Waals surface area contributed by atoms with Crippen molar-refractivity contribution in [2.75, 3.05) is 20.2 Å². The Morgan fingerprint density at radius 3 is 2.50 bits per heavy atom. The minimum atomic E-state index is 0.0708. The molecule has 2 rings (SSSR count). The second-order valence-electron chi connectivity index (χ2n) is 6.15. The summed E-state index contributed by atoms with van der Waals surface area (Å²) in [7, 11) is 1.78. The van der Waals surface area contributed by atoms with E-state index in [9.17, 15) is 4.79 Å². The molecule has 1 heterocycles. The summed E-state index contributed by atoms with van der Waals surface area (Å²) in [5, 5.41) is 3.04. The Labute approximate surface area is 133 Å². The maximum atomic E-state index is 12.2. The highest BCUT2D eigenvalue weighted by molar-refractivity contribution is 5.74. The van der Waals surface area contributed by atoms with Crippen molar-refractivity contribution in [3.8, 4) is 0 Å². The standard InChI is InChI=1S/C18H28N2O2/c1-4-14(2)19-18(21)20-12-10-16(11-13-20)17(22-3)15-8-6-5-7-9-15/h5-9,14,16-17H,4,10-13H2,1-3H3,(H,19,21). The van der Waals surface area contributed by atoms with Crippen LogP contribution in [0.4, 0.5) is 4.79 Å². The number of nitrogens with one attached hydrogen (secondary N) is 1. The number of hydrogen-bond acceptors (Lipinski definition) is 2. The summed E-state index contributed by atoms with van der Waals surface area (Å²) < 4.78 is 5.73. The molecular weight excluding hydrogens is 276 g/mol. The molecule has 0 aliphatic carbocycles. The molecule has 2 amide bonds. The third kappa shape index (κ3) is 4.23. The van der Waals surface area contributed by atoms with Gasteiger partial charge in [-0.25, -0.2) is 4.79 Å². The van der Waals surface area contributed by atoms with E-state index in [0.29, 0.717) is 5.92 Å². The van der Waals surface area contributed by atoms with Gasteiger partial charge < -0.3 is 15.0 Å². The lowest BCUT2D eigenvalue weighted by Gasteiger charge is -2.36. The molecule has 4 heteroatoms. The van der Waals surface area contributed by atoms with Gasteiger partial charge >= 0.3 is 6.03 Å². The Balaban J connectivity index is 1.89. The molecule has 0 bridgehead atoms. The first kappa shape index (κ1) is 16.8. The Morgan fingerprint density at radius 2 is 1.95 bits per heavy atom. The number of benzene rings is 1. The van der Waals surface area contributed by atoms with Gasteiger partial charge in [0.25, 0.3) is 0 Å². The van der Waals surface area contributed by atoms with Crippen molar-refractivity contribution >= 4 is 6.03 Å². The molecule has 1 aliphatic heterocycles. The van der Waals surface area contributed by atoms with Crippen LogP contribution >= 0.6 is 0 Å². The highest BCUT2D eigenvalue weighted by atomic mass is 16.5. The quantitative estimate of drug-likeness (QED) is 0.903. The zero-order valence-electron chi connectivity index (χ0n) is 13.9. The van der Waals surface area contributed by atoms with Crippen molar-refractivity contribution in [2.45, 2.75) is 45.3 Å². The zero-order chi connectivity index (χ0) is 15.9. The molecule has 1 saturated heterocycles. The highest BCUT2D eigenvalue weighted by Gasteiger charge is 2.29. The maximum Gasteiger partial charge on any atom is 0.317 e. The van der Waals surface area contributed by atoms with Crippen LogP contribution in [0.3, 0.4) is 0 Å². The lowest BCUT2D eigenvalue weighted by atomic mass is 9.87. The van der Waals surface area contributed by atoms with Gasteiger partial charge in [0.15, 0.2) is 0 Å². The van der Waals surface area contributed by atoms with Gasteiger partial charge in [0.2, 0.25) is 0 Å². The predicted molar refractivity (Wildman–Crippen MR) is 88.8 cm³/mol. The first-order chi connectivity index (χ1) is 10.7. The minimum Gasteiger partial charge on any atom is -0.376 e. The molecule has 0 aromatic heterocycles. The fraction of sp³-hybridized carbons (Fsp3) is 0.611. The number of nitrogens with zero attached hydrogens (tertiary/aromatic N) is 1. The minimum absolute atomic E-state index is 0.0708. The van der Waals surface area contributed by atoms with Gasteiger partial charge in [-0.2, -0.15) is 0 Å². The van der Waals surface area contributed by atoms with Crippen molar-refractivity contribution < 1.29 is 9.53 Å². The first-order valence-corrected chi connectivity index (χ1v) is 8.28. The summed E-state index contributed by atoms with van der Waals surface area (Å²) in [5.74, 6) is 0.472. The van der Waals surface area contributed by atoms with E-state index < -0.39 is 0 Å². The molecule has 1 aromatic carbocycles. The zero-order valence-corrected chi connectivity index (χ0v) is 13.9. The van der Waals surface area contributed by atoms with Crippen molar-refractivity contribution in [3.63, 3.8) is 0 Å². The molecule has 2 unspecified atom stereocenters. The van der Waals surface area contributed by atoms with Crippen LogP contribution in [0.1, 0.15) is 44.8 Å². The van der Waals surface area contributed by atoms with Crippen molar-refractivity contribution in [1.29, 1.82) is 0 Å². The molecule has 1 N–H and O–H groups in total. The second kappa shape index (κ2) is 8.18. The van der Waals surface area contributed by atoms with Gasteiger partial charge in [-0.15, -0.1) is 0 Å². The van der Waals surface area contributed by atoms with Crippen molar-refractivity contribution in [1.82, 2.24) is 10.2 Å². The van der Waals surface area contributed by atoms with Crippen molar-refractivity contribution in [2.24, 2.45) is 5.92 Å². The molecule has 0 radical (unpaired) electrons. The SMILES string of the molecule is CCC(C)NC(=O)N1CCC(C(OC)c2ccccc2)CC1. The molecule has 1 fully saturated rings. The molecule has 0 spiro atoms. The molecule has 2 atom stereocenters. The van der Waals surface area contributed by atoms with Gasteiger partial charge in [-0.1, -0.05) is 37.3 Å². The van der Waals surface area contributed by atoms with E-state index in [1.165, 1.54) is 5.56 Å². The molecular formula is C18H28N2O2. The number of urea groups is 1. The van der Waals surface area contributed by atoms with Gasteiger partial charge in [-0.05, 0) is 37.7 Å². The molecule has 0 saturated carbocycles. The highest BCUT2D eigenvalue weighted by Crippen LogP contribution is 2.33. The summed E-state index contributed by atoms with van der Waals surface area (Å²) in [6, 6.07) is 10.7. The largest absolute Gasteiger partial charge is 0.376 e. The summed E-state index contributed by atoms with van der Waals surface area (Å²) in [6.07, 6.45) is 3.06. The summed E-state index contributed by atoms with van der Waals surface area (Å²) in [6.45, 7) is 5.74. The number of piperidine rings is 1. The van der Waals surface area contributed by atoms with Crippen LogP contribution in [0.25, 0.3) is 0 Å². The average Bonchev–Trinajstić information content (AvgIpc) is 2.57. The first-order valence-electron chi connectivity index (χ1n) is 8.28. The van der Waals surface area contributed by atoms with E-state index in [1.54, 1.807) is 7.11 Å². The summed E-state index contributed by atoms with van der Waals surface area (Å²) >= 11 is 0. The van der Waals surface area contributed by atoms with Gasteiger partial charge in [0.05, 0.1) is 6.10 Å². The summed E-state index contributed by atoms with van der Waals surface area (Å²) in [4.78, 5) is 14.1. The molecule has 22 heavy (non-hydrogen) atoms. The molecule has 4 nitrogen and oxygen atoms in total. The molecule has 1 aromatic rings. The van der Waals surface area contributed by atoms with Crippen molar-refractivity contribution in [3.05, 3.63) is 35.9 Å². The van der Waals surface area contributed by atoms with E-state index in [0.717, 1.165) is 32.4 Å². The molecule has 122 valence electrons. The lowest BCUT2D eigenvalue weighted by Crippen LogP contribution is -2.47. The number of carbonyl (C=O) groups is 1. The van der Waals surface area contributed by atoms with Crippen LogP contribution < -0.4 is 5.32 Å². The summed E-state index contributed by atoms with van der Waals surface area (Å²) in [5.41, 5.74) is 1.23. The van der Waals surface area contributed by atoms with Crippen LogP contribution in [0.5, 0.6) is 0 Å². The Bertz CT molecular complexity index is 455. The Kier molecular flexibility index (Phi) is 6.25. The van der Waals surface area contributed by atoms with Crippen LogP contribution in [0, 0.1) is 5.92 Å². The van der Waals surface area contributed by atoms with Crippen LogP contribution in [-0.2, 0) is 4.74 Å². The number of ether oxygens (including phenoxy) is 1. The van der Waals surface area contributed by atoms with Gasteiger partial charge in [0, 0.05) is 26.2 Å². The predicted octanol–water partition coefficient (Wildman–Crippen LogP) is 3.59. The van der Waals surface area contributed by atoms with E-state index in [-0.39, 0.29) is 18.2 Å². The Morgan fingerprint density at radius 1 is 1.32 bits per heavy atom. The number of amides is 2. The molecule has 1 aliphatic rings. The van der Waals surface area contributed by atoms with Crippen LogP contribution in [0.2, 0.25) is 0 Å². The number of hydrogen-bond donors (Lipinski definition) is 1. The smallest absolute Gasteiger partial charge is 0.317 e. The monoisotopic (exact) mass is 304 g/mol. The van der Waals surface area contributed by atoms with Crippen LogP contribution in [-0.4, -0.2) is 37.2 Å². The van der Waals surface area contributed by atoms with E-state index in [4.69, 9.17) is 4.74 Å². The van der Waals surface area contributed by atoms with E-state index in [1.807, 2.05) is 17.9 Å². The third-order valence-corrected chi connectivity index (χ3v) is 4.62. The third-order valence-electron chi connectivity index (χ3n) is 4.62. The number of methoxy groups -OCH3 is 1. The van der Waals surface area contributed by atoms with Gasteiger partial charge in [0.1, 0.15) is 0 Å².